The average molecular weight is 326 g/mol. The molecule has 0 aliphatic carbocycles. The number of hydrogen-bond donors (Lipinski definition) is 2. The van der Waals surface area contributed by atoms with Crippen molar-refractivity contribution in [2.45, 2.75) is 25.0 Å². The van der Waals surface area contributed by atoms with Crippen LogP contribution in [0.5, 0.6) is 0 Å². The van der Waals surface area contributed by atoms with E-state index in [1.54, 1.807) is 17.0 Å². The zero-order valence-electron chi connectivity index (χ0n) is 12.2. The number of rotatable bonds is 6. The number of likely N-dealkylation sites (tertiary alicyclic amines) is 1. The highest BCUT2D eigenvalue weighted by molar-refractivity contribution is 7.12. The average Bonchev–Trinajstić information content (AvgIpc) is 3.18. The normalized spacial score (nSPS) is 19.0. The molecule has 1 aromatic rings. The van der Waals surface area contributed by atoms with Gasteiger partial charge in [-0.05, 0) is 24.3 Å². The molecule has 1 saturated heterocycles. The summed E-state index contributed by atoms with van der Waals surface area (Å²) in [6.07, 6.45) is 0.238. The second-order valence-electron chi connectivity index (χ2n) is 4.94. The monoisotopic (exact) mass is 326 g/mol. The van der Waals surface area contributed by atoms with E-state index in [-0.39, 0.29) is 18.4 Å². The van der Waals surface area contributed by atoms with E-state index in [2.05, 4.69) is 5.32 Å². The van der Waals surface area contributed by atoms with E-state index in [1.807, 2.05) is 5.38 Å². The van der Waals surface area contributed by atoms with E-state index < -0.39 is 18.1 Å². The van der Waals surface area contributed by atoms with Crippen LogP contribution in [0.15, 0.2) is 17.5 Å². The Morgan fingerprint density at radius 3 is 2.91 bits per heavy atom. The van der Waals surface area contributed by atoms with Crippen molar-refractivity contribution in [3.8, 4) is 0 Å². The molecular formula is C14H18N2O5S. The quantitative estimate of drug-likeness (QED) is 0.797. The molecule has 7 nitrogen and oxygen atoms in total. The molecule has 0 aromatic carbocycles. The standard InChI is InChI=1S/C14H18N2O5S/c1-21-10(14(19)20)8-15-12(17)9-4-2-6-16(9)13(18)11-5-3-7-22-11/h3,5,7,9-10H,2,4,6,8H2,1H3,(H,15,17)(H,19,20). The Kier molecular flexibility index (Phi) is 5.51. The molecular weight excluding hydrogens is 308 g/mol. The fraction of sp³-hybridized carbons (Fsp3) is 0.500. The van der Waals surface area contributed by atoms with Crippen molar-refractivity contribution < 1.29 is 24.2 Å². The maximum absolute atomic E-state index is 12.4. The van der Waals surface area contributed by atoms with Crippen molar-refractivity contribution in [3.05, 3.63) is 22.4 Å². The number of carboxylic acid groups (broad SMARTS) is 1. The first-order valence-corrected chi connectivity index (χ1v) is 7.80. The lowest BCUT2D eigenvalue weighted by Crippen LogP contribution is -2.48. The van der Waals surface area contributed by atoms with Gasteiger partial charge in [-0.2, -0.15) is 0 Å². The molecule has 2 heterocycles. The highest BCUT2D eigenvalue weighted by Crippen LogP contribution is 2.22. The molecule has 1 aliphatic rings. The van der Waals surface area contributed by atoms with Crippen LogP contribution < -0.4 is 5.32 Å². The summed E-state index contributed by atoms with van der Waals surface area (Å²) < 4.78 is 4.76. The van der Waals surface area contributed by atoms with Crippen LogP contribution in [0.2, 0.25) is 0 Å². The van der Waals surface area contributed by atoms with Crippen molar-refractivity contribution in [1.82, 2.24) is 10.2 Å². The Hall–Kier alpha value is -1.93. The number of thiophene rings is 1. The molecule has 2 rings (SSSR count). The van der Waals surface area contributed by atoms with Crippen molar-refractivity contribution >= 4 is 29.1 Å². The second-order valence-corrected chi connectivity index (χ2v) is 5.89. The van der Waals surface area contributed by atoms with Crippen molar-refractivity contribution in [1.29, 1.82) is 0 Å². The van der Waals surface area contributed by atoms with E-state index >= 15 is 0 Å². The number of nitrogens with one attached hydrogen (secondary N) is 1. The number of nitrogens with zero attached hydrogens (tertiary/aromatic N) is 1. The molecule has 0 spiro atoms. The SMILES string of the molecule is COC(CNC(=O)C1CCCN1C(=O)c1cccs1)C(=O)O. The van der Waals surface area contributed by atoms with Crippen LogP contribution in [0, 0.1) is 0 Å². The summed E-state index contributed by atoms with van der Waals surface area (Å²) in [5, 5.41) is 13.2. The number of ether oxygens (including phenoxy) is 1. The Morgan fingerprint density at radius 2 is 2.32 bits per heavy atom. The summed E-state index contributed by atoms with van der Waals surface area (Å²) in [5.74, 6) is -1.64. The van der Waals surface area contributed by atoms with E-state index in [1.165, 1.54) is 18.4 Å². The van der Waals surface area contributed by atoms with Gasteiger partial charge in [0.15, 0.2) is 6.10 Å². The number of carbonyl (C=O) groups is 3. The first-order valence-electron chi connectivity index (χ1n) is 6.92. The van der Waals surface area contributed by atoms with Gasteiger partial charge in [0.2, 0.25) is 5.91 Å². The molecule has 0 bridgehead atoms. The molecule has 120 valence electrons. The van der Waals surface area contributed by atoms with E-state index in [0.29, 0.717) is 17.8 Å². The smallest absolute Gasteiger partial charge is 0.334 e. The Bertz CT molecular complexity index is 545. The first kappa shape index (κ1) is 16.4. The molecule has 22 heavy (non-hydrogen) atoms. The Balaban J connectivity index is 1.96. The predicted molar refractivity (Wildman–Crippen MR) is 79.8 cm³/mol. The van der Waals surface area contributed by atoms with Gasteiger partial charge in [-0.3, -0.25) is 9.59 Å². The lowest BCUT2D eigenvalue weighted by molar-refractivity contribution is -0.148. The number of methoxy groups -OCH3 is 1. The van der Waals surface area contributed by atoms with Gasteiger partial charge in [0.05, 0.1) is 11.4 Å². The van der Waals surface area contributed by atoms with Crippen LogP contribution in [-0.2, 0) is 14.3 Å². The number of aliphatic carboxylic acids is 1. The number of amides is 2. The van der Waals surface area contributed by atoms with Gasteiger partial charge in [0, 0.05) is 13.7 Å². The Morgan fingerprint density at radius 1 is 1.55 bits per heavy atom. The summed E-state index contributed by atoms with van der Waals surface area (Å²) in [4.78, 5) is 37.6. The minimum atomic E-state index is -1.14. The number of carboxylic acids is 1. The maximum Gasteiger partial charge on any atom is 0.334 e. The third-order valence-electron chi connectivity index (χ3n) is 3.57. The molecule has 1 aliphatic heterocycles. The molecule has 1 fully saturated rings. The van der Waals surface area contributed by atoms with E-state index in [0.717, 1.165) is 6.42 Å². The van der Waals surface area contributed by atoms with Gasteiger partial charge in [-0.1, -0.05) is 6.07 Å². The summed E-state index contributed by atoms with van der Waals surface area (Å²) in [6.45, 7) is 0.406. The molecule has 2 N–H and O–H groups in total. The van der Waals surface area contributed by atoms with Gasteiger partial charge in [-0.15, -0.1) is 11.3 Å². The Labute approximate surface area is 131 Å². The predicted octanol–water partition coefficient (Wildman–Crippen LogP) is 0.568. The highest BCUT2D eigenvalue weighted by Gasteiger charge is 2.35. The van der Waals surface area contributed by atoms with Crippen LogP contribution in [0.4, 0.5) is 0 Å². The van der Waals surface area contributed by atoms with Gasteiger partial charge in [0.25, 0.3) is 5.91 Å². The minimum Gasteiger partial charge on any atom is -0.479 e. The van der Waals surface area contributed by atoms with Crippen LogP contribution in [0.25, 0.3) is 0 Å². The topological polar surface area (TPSA) is 95.9 Å². The van der Waals surface area contributed by atoms with Crippen LogP contribution in [-0.4, -0.2) is 60.1 Å². The lowest BCUT2D eigenvalue weighted by Gasteiger charge is -2.24. The van der Waals surface area contributed by atoms with Crippen LogP contribution >= 0.6 is 11.3 Å². The summed E-state index contributed by atoms with van der Waals surface area (Å²) in [5.41, 5.74) is 0. The zero-order valence-corrected chi connectivity index (χ0v) is 13.0. The van der Waals surface area contributed by atoms with Gasteiger partial charge >= 0.3 is 5.97 Å². The molecule has 8 heteroatoms. The highest BCUT2D eigenvalue weighted by atomic mass is 32.1. The first-order chi connectivity index (χ1) is 10.5. The summed E-state index contributed by atoms with van der Waals surface area (Å²) in [6, 6.07) is 2.96. The van der Waals surface area contributed by atoms with Crippen molar-refractivity contribution in [2.75, 3.05) is 20.2 Å². The zero-order chi connectivity index (χ0) is 16.1. The molecule has 1 aromatic heterocycles. The summed E-state index contributed by atoms with van der Waals surface area (Å²) >= 11 is 1.34. The lowest BCUT2D eigenvalue weighted by atomic mass is 10.2. The van der Waals surface area contributed by atoms with Crippen LogP contribution in [0.1, 0.15) is 22.5 Å². The molecule has 2 amide bonds. The molecule has 2 atom stereocenters. The fourth-order valence-electron chi connectivity index (χ4n) is 2.41. The van der Waals surface area contributed by atoms with Crippen molar-refractivity contribution in [3.63, 3.8) is 0 Å². The molecule has 0 saturated carbocycles. The van der Waals surface area contributed by atoms with Gasteiger partial charge in [-0.25, -0.2) is 4.79 Å². The number of carbonyl (C=O) groups excluding carboxylic acids is 2. The third kappa shape index (κ3) is 3.63. The fourth-order valence-corrected chi connectivity index (χ4v) is 3.09. The molecule has 0 radical (unpaired) electrons. The third-order valence-corrected chi connectivity index (χ3v) is 4.43. The molecule has 2 unspecified atom stereocenters. The summed E-state index contributed by atoms with van der Waals surface area (Å²) in [7, 11) is 1.27. The minimum absolute atomic E-state index is 0.123. The van der Waals surface area contributed by atoms with E-state index in [9.17, 15) is 14.4 Å². The van der Waals surface area contributed by atoms with E-state index in [4.69, 9.17) is 9.84 Å². The van der Waals surface area contributed by atoms with Crippen molar-refractivity contribution in [2.24, 2.45) is 0 Å². The van der Waals surface area contributed by atoms with Crippen LogP contribution in [0.3, 0.4) is 0 Å². The maximum atomic E-state index is 12.4. The van der Waals surface area contributed by atoms with Gasteiger partial charge in [0.1, 0.15) is 6.04 Å². The van der Waals surface area contributed by atoms with Gasteiger partial charge < -0.3 is 20.1 Å². The second kappa shape index (κ2) is 7.37. The number of hydrogen-bond acceptors (Lipinski definition) is 5. The largest absolute Gasteiger partial charge is 0.479 e.